The molecule has 82 valence electrons. The van der Waals surface area contributed by atoms with Crippen molar-refractivity contribution in [2.24, 2.45) is 0 Å². The number of piperidine rings is 1. The Kier molecular flexibility index (Phi) is 3.86. The Hall–Kier alpha value is 0.400. The summed E-state index contributed by atoms with van der Waals surface area (Å²) >= 11 is 3.68. The molecule has 0 amide bonds. The lowest BCUT2D eigenvalue weighted by Crippen LogP contribution is -2.39. The molecule has 0 radical (unpaired) electrons. The van der Waals surface area contributed by atoms with Gasteiger partial charge in [0.1, 0.15) is 0 Å². The predicted octanol–water partition coefficient (Wildman–Crippen LogP) is 2.41. The molecule has 2 fully saturated rings. The summed E-state index contributed by atoms with van der Waals surface area (Å²) in [4.78, 5) is 3.31. The molecule has 2 nitrogen and oxygen atoms in total. The Balaban J connectivity index is 1.70. The van der Waals surface area contributed by atoms with E-state index in [9.17, 15) is 0 Å². The number of ether oxygens (including phenoxy) is 1. The molecule has 0 aromatic rings. The van der Waals surface area contributed by atoms with Crippen LogP contribution < -0.4 is 0 Å². The van der Waals surface area contributed by atoms with E-state index in [1.165, 1.54) is 38.8 Å². The molecule has 0 aromatic heterocycles. The number of likely N-dealkylation sites (tertiary alicyclic amines) is 1. The van der Waals surface area contributed by atoms with Gasteiger partial charge in [-0.1, -0.05) is 15.9 Å². The van der Waals surface area contributed by atoms with Crippen LogP contribution in [0, 0.1) is 0 Å². The van der Waals surface area contributed by atoms with E-state index in [4.69, 9.17) is 4.74 Å². The van der Waals surface area contributed by atoms with Crippen molar-refractivity contribution in [3.05, 3.63) is 0 Å². The van der Waals surface area contributed by atoms with Crippen molar-refractivity contribution in [2.75, 3.05) is 19.6 Å². The van der Waals surface area contributed by atoms with Gasteiger partial charge >= 0.3 is 0 Å². The minimum atomic E-state index is 0.494. The van der Waals surface area contributed by atoms with Crippen molar-refractivity contribution in [2.45, 2.75) is 49.6 Å². The normalized spacial score (nSPS) is 36.4. The molecule has 14 heavy (non-hydrogen) atoms. The first-order valence-electron chi connectivity index (χ1n) is 5.76. The lowest BCUT2D eigenvalue weighted by molar-refractivity contribution is 0.0281. The van der Waals surface area contributed by atoms with Crippen LogP contribution in [0.25, 0.3) is 0 Å². The fraction of sp³-hybridized carbons (Fsp3) is 1.00. The molecule has 0 aliphatic carbocycles. The average Bonchev–Trinajstić information content (AvgIpc) is 2.56. The van der Waals surface area contributed by atoms with Crippen molar-refractivity contribution >= 4 is 15.9 Å². The first kappa shape index (κ1) is 10.9. The molecular weight excluding hydrogens is 242 g/mol. The van der Waals surface area contributed by atoms with Gasteiger partial charge in [0, 0.05) is 11.4 Å². The second-order valence-electron chi connectivity index (χ2n) is 4.62. The third-order valence-electron chi connectivity index (χ3n) is 3.30. The van der Waals surface area contributed by atoms with Crippen LogP contribution in [0.15, 0.2) is 0 Å². The number of nitrogens with zero attached hydrogens (tertiary/aromatic N) is 1. The molecule has 2 rings (SSSR count). The molecule has 0 N–H and O–H groups in total. The first-order chi connectivity index (χ1) is 6.74. The highest BCUT2D eigenvalue weighted by atomic mass is 79.9. The van der Waals surface area contributed by atoms with E-state index in [0.29, 0.717) is 12.2 Å². The van der Waals surface area contributed by atoms with Crippen molar-refractivity contribution in [1.82, 2.24) is 4.90 Å². The van der Waals surface area contributed by atoms with Crippen LogP contribution in [0.3, 0.4) is 0 Å². The fourth-order valence-electron chi connectivity index (χ4n) is 2.39. The largest absolute Gasteiger partial charge is 0.374 e. The Morgan fingerprint density at radius 3 is 2.50 bits per heavy atom. The summed E-state index contributed by atoms with van der Waals surface area (Å²) in [5, 5.41) is 0. The van der Waals surface area contributed by atoms with Gasteiger partial charge in [-0.25, -0.2) is 0 Å². The van der Waals surface area contributed by atoms with Gasteiger partial charge in [-0.2, -0.15) is 0 Å². The quantitative estimate of drug-likeness (QED) is 0.709. The minimum Gasteiger partial charge on any atom is -0.374 e. The maximum absolute atomic E-state index is 5.84. The van der Waals surface area contributed by atoms with E-state index in [1.54, 1.807) is 0 Å². The van der Waals surface area contributed by atoms with Gasteiger partial charge in [0.15, 0.2) is 0 Å². The zero-order chi connectivity index (χ0) is 9.97. The highest BCUT2D eigenvalue weighted by Crippen LogP contribution is 2.22. The van der Waals surface area contributed by atoms with E-state index >= 15 is 0 Å². The summed E-state index contributed by atoms with van der Waals surface area (Å²) in [7, 11) is 0. The second kappa shape index (κ2) is 4.95. The molecule has 2 unspecified atom stereocenters. The van der Waals surface area contributed by atoms with Crippen molar-refractivity contribution in [1.29, 1.82) is 0 Å². The van der Waals surface area contributed by atoms with Gasteiger partial charge in [-0.15, -0.1) is 0 Å². The number of alkyl halides is 1. The van der Waals surface area contributed by atoms with Gasteiger partial charge in [0.05, 0.1) is 12.2 Å². The predicted molar refractivity (Wildman–Crippen MR) is 62.0 cm³/mol. The van der Waals surface area contributed by atoms with E-state index in [-0.39, 0.29) is 0 Å². The van der Waals surface area contributed by atoms with Crippen molar-refractivity contribution in [3.63, 3.8) is 0 Å². The molecule has 0 saturated carbocycles. The number of rotatable bonds is 2. The Morgan fingerprint density at radius 2 is 1.93 bits per heavy atom. The van der Waals surface area contributed by atoms with Crippen LogP contribution in [-0.2, 0) is 4.74 Å². The van der Waals surface area contributed by atoms with E-state index in [0.717, 1.165) is 11.4 Å². The lowest BCUT2D eigenvalue weighted by atomic mass is 10.1. The van der Waals surface area contributed by atoms with Crippen molar-refractivity contribution in [3.8, 4) is 0 Å². The topological polar surface area (TPSA) is 12.5 Å². The molecule has 0 spiro atoms. The SMILES string of the molecule is CC1CCC(CN2CCC(Br)CC2)O1. The summed E-state index contributed by atoms with van der Waals surface area (Å²) in [5.74, 6) is 0. The zero-order valence-corrected chi connectivity index (χ0v) is 10.5. The molecule has 0 aromatic carbocycles. The van der Waals surface area contributed by atoms with Crippen LogP contribution in [0.1, 0.15) is 32.6 Å². The van der Waals surface area contributed by atoms with Gasteiger partial charge in [0.25, 0.3) is 0 Å². The summed E-state index contributed by atoms with van der Waals surface area (Å²) in [6.45, 7) is 5.82. The van der Waals surface area contributed by atoms with Crippen LogP contribution in [0.2, 0.25) is 0 Å². The van der Waals surface area contributed by atoms with Crippen LogP contribution in [0.5, 0.6) is 0 Å². The van der Waals surface area contributed by atoms with E-state index in [1.807, 2.05) is 0 Å². The highest BCUT2D eigenvalue weighted by molar-refractivity contribution is 9.09. The number of hydrogen-bond donors (Lipinski definition) is 0. The third kappa shape index (κ3) is 2.94. The average molecular weight is 262 g/mol. The van der Waals surface area contributed by atoms with Gasteiger partial charge in [-0.05, 0) is 45.7 Å². The molecule has 2 saturated heterocycles. The monoisotopic (exact) mass is 261 g/mol. The molecule has 2 aliphatic rings. The summed E-state index contributed by atoms with van der Waals surface area (Å²) < 4.78 is 5.84. The third-order valence-corrected chi connectivity index (χ3v) is 4.21. The summed E-state index contributed by atoms with van der Waals surface area (Å²) in [6.07, 6.45) is 6.10. The van der Waals surface area contributed by atoms with Crippen LogP contribution in [0.4, 0.5) is 0 Å². The van der Waals surface area contributed by atoms with Gasteiger partial charge in [-0.3, -0.25) is 0 Å². The van der Waals surface area contributed by atoms with Gasteiger partial charge < -0.3 is 9.64 Å². The maximum atomic E-state index is 5.84. The molecular formula is C11H20BrNO. The molecule has 2 atom stereocenters. The smallest absolute Gasteiger partial charge is 0.0706 e. The standard InChI is InChI=1S/C11H20BrNO/c1-9-2-3-11(14-9)8-13-6-4-10(12)5-7-13/h9-11H,2-8H2,1H3. The minimum absolute atomic E-state index is 0.494. The lowest BCUT2D eigenvalue weighted by Gasteiger charge is -2.31. The molecule has 2 aliphatic heterocycles. The molecule has 0 bridgehead atoms. The molecule has 3 heteroatoms. The van der Waals surface area contributed by atoms with E-state index in [2.05, 4.69) is 27.8 Å². The first-order valence-corrected chi connectivity index (χ1v) is 6.67. The zero-order valence-electron chi connectivity index (χ0n) is 8.92. The summed E-state index contributed by atoms with van der Waals surface area (Å²) in [5.41, 5.74) is 0. The van der Waals surface area contributed by atoms with Crippen LogP contribution in [-0.4, -0.2) is 41.6 Å². The van der Waals surface area contributed by atoms with Crippen molar-refractivity contribution < 1.29 is 4.74 Å². The number of halogens is 1. The fourth-order valence-corrected chi connectivity index (χ4v) is 2.80. The molecule has 2 heterocycles. The Labute approximate surface area is 95.1 Å². The van der Waals surface area contributed by atoms with Crippen LogP contribution >= 0.6 is 15.9 Å². The highest BCUT2D eigenvalue weighted by Gasteiger charge is 2.25. The van der Waals surface area contributed by atoms with E-state index < -0.39 is 0 Å². The Bertz CT molecular complexity index is 180. The second-order valence-corrected chi connectivity index (χ2v) is 5.92. The maximum Gasteiger partial charge on any atom is 0.0706 e. The summed E-state index contributed by atoms with van der Waals surface area (Å²) in [6, 6.07) is 0. The number of hydrogen-bond acceptors (Lipinski definition) is 2. The van der Waals surface area contributed by atoms with Gasteiger partial charge in [0.2, 0.25) is 0 Å². The Morgan fingerprint density at radius 1 is 1.21 bits per heavy atom.